The average molecular weight is 196 g/mol. The van der Waals surface area contributed by atoms with Gasteiger partial charge >= 0.3 is 0 Å². The number of amides is 1. The SMILES string of the molecule is CC12CCCCCC1=[N+]([O-])CC(=O)N2. The van der Waals surface area contributed by atoms with Crippen molar-refractivity contribution in [2.45, 2.75) is 44.6 Å². The molecule has 1 saturated carbocycles. The van der Waals surface area contributed by atoms with Crippen LogP contribution < -0.4 is 5.32 Å². The molecule has 0 aromatic rings. The molecule has 0 saturated heterocycles. The summed E-state index contributed by atoms with van der Waals surface area (Å²) < 4.78 is 0.893. The fraction of sp³-hybridized carbons (Fsp3) is 0.800. The van der Waals surface area contributed by atoms with Gasteiger partial charge in [0.25, 0.3) is 5.91 Å². The van der Waals surface area contributed by atoms with Crippen LogP contribution in [0.5, 0.6) is 0 Å². The summed E-state index contributed by atoms with van der Waals surface area (Å²) in [5.74, 6) is -0.145. The molecule has 1 unspecified atom stereocenters. The van der Waals surface area contributed by atoms with Crippen LogP contribution in [-0.4, -0.2) is 28.4 Å². The van der Waals surface area contributed by atoms with E-state index in [0.29, 0.717) is 0 Å². The third-order valence-electron chi connectivity index (χ3n) is 3.23. The first-order valence-electron chi connectivity index (χ1n) is 5.24. The molecule has 1 fully saturated rings. The summed E-state index contributed by atoms with van der Waals surface area (Å²) in [7, 11) is 0. The van der Waals surface area contributed by atoms with Crippen LogP contribution in [0.1, 0.15) is 39.0 Å². The van der Waals surface area contributed by atoms with Crippen LogP contribution in [0.4, 0.5) is 0 Å². The van der Waals surface area contributed by atoms with Gasteiger partial charge in [-0.25, -0.2) is 4.74 Å². The van der Waals surface area contributed by atoms with Gasteiger partial charge < -0.3 is 10.5 Å². The van der Waals surface area contributed by atoms with Gasteiger partial charge in [0.2, 0.25) is 6.54 Å². The Bertz CT molecular complexity index is 298. The van der Waals surface area contributed by atoms with Gasteiger partial charge in [-0.3, -0.25) is 4.79 Å². The Labute approximate surface area is 83.6 Å². The number of carbonyl (C=O) groups is 1. The molecule has 1 N–H and O–H groups in total. The van der Waals surface area contributed by atoms with E-state index < -0.39 is 0 Å². The molecule has 4 nitrogen and oxygen atoms in total. The summed E-state index contributed by atoms with van der Waals surface area (Å²) in [6, 6.07) is 0. The first-order chi connectivity index (χ1) is 6.62. The van der Waals surface area contributed by atoms with E-state index in [2.05, 4.69) is 5.32 Å². The number of hydrogen-bond donors (Lipinski definition) is 1. The van der Waals surface area contributed by atoms with Gasteiger partial charge in [0.1, 0.15) is 5.54 Å². The van der Waals surface area contributed by atoms with Crippen molar-refractivity contribution in [1.82, 2.24) is 5.32 Å². The molecule has 1 heterocycles. The highest BCUT2D eigenvalue weighted by Crippen LogP contribution is 2.26. The monoisotopic (exact) mass is 196 g/mol. The van der Waals surface area contributed by atoms with Gasteiger partial charge in [0.15, 0.2) is 5.71 Å². The smallest absolute Gasteiger partial charge is 0.287 e. The second-order valence-corrected chi connectivity index (χ2v) is 4.42. The molecule has 0 spiro atoms. The number of rotatable bonds is 0. The van der Waals surface area contributed by atoms with Crippen LogP contribution in [0, 0.1) is 5.21 Å². The maximum Gasteiger partial charge on any atom is 0.287 e. The van der Waals surface area contributed by atoms with Crippen LogP contribution in [0.2, 0.25) is 0 Å². The maximum atomic E-state index is 11.6. The summed E-state index contributed by atoms with van der Waals surface area (Å²) >= 11 is 0. The Hall–Kier alpha value is -1.06. The third-order valence-corrected chi connectivity index (χ3v) is 3.23. The molecule has 2 aliphatic rings. The van der Waals surface area contributed by atoms with E-state index in [1.807, 2.05) is 6.92 Å². The molecule has 1 amide bonds. The molecule has 78 valence electrons. The lowest BCUT2D eigenvalue weighted by Crippen LogP contribution is -2.59. The summed E-state index contributed by atoms with van der Waals surface area (Å²) in [4.78, 5) is 11.3. The van der Waals surface area contributed by atoms with Crippen LogP contribution in [0.15, 0.2) is 0 Å². The number of hydroxylamine groups is 1. The normalized spacial score (nSPS) is 33.4. The fourth-order valence-corrected chi connectivity index (χ4v) is 2.48. The second kappa shape index (κ2) is 3.26. The molecule has 0 aromatic carbocycles. The number of hydrogen-bond acceptors (Lipinski definition) is 2. The minimum atomic E-state index is -0.367. The molecule has 1 aliphatic heterocycles. The standard InChI is InChI=1S/C10H16N2O2/c1-10-6-4-2-3-5-8(10)12(14)7-9(13)11-10/h2-7H2,1H3,(H,11,13). The van der Waals surface area contributed by atoms with Crippen LogP contribution in [0.3, 0.4) is 0 Å². The van der Waals surface area contributed by atoms with Gasteiger partial charge in [-0.2, -0.15) is 0 Å². The van der Waals surface area contributed by atoms with E-state index in [0.717, 1.165) is 42.6 Å². The van der Waals surface area contributed by atoms with Crippen molar-refractivity contribution < 1.29 is 9.53 Å². The highest BCUT2D eigenvalue weighted by Gasteiger charge is 2.42. The zero-order valence-corrected chi connectivity index (χ0v) is 8.51. The van der Waals surface area contributed by atoms with Crippen molar-refractivity contribution in [3.63, 3.8) is 0 Å². The van der Waals surface area contributed by atoms with E-state index in [9.17, 15) is 10.0 Å². The second-order valence-electron chi connectivity index (χ2n) is 4.42. The zero-order chi connectivity index (χ0) is 10.2. The van der Waals surface area contributed by atoms with E-state index in [-0.39, 0.29) is 18.0 Å². The van der Waals surface area contributed by atoms with Crippen LogP contribution in [0.25, 0.3) is 0 Å². The molecule has 1 aliphatic carbocycles. The Balaban J connectivity index is 2.36. The lowest BCUT2D eigenvalue weighted by molar-refractivity contribution is -0.454. The van der Waals surface area contributed by atoms with E-state index in [1.165, 1.54) is 0 Å². The van der Waals surface area contributed by atoms with Crippen molar-refractivity contribution in [2.24, 2.45) is 0 Å². The summed E-state index contributed by atoms with van der Waals surface area (Å²) in [6.45, 7) is 1.94. The topological polar surface area (TPSA) is 55.2 Å². The Kier molecular flexibility index (Phi) is 2.21. The molecular weight excluding hydrogens is 180 g/mol. The molecule has 14 heavy (non-hydrogen) atoms. The van der Waals surface area contributed by atoms with Crippen LogP contribution in [-0.2, 0) is 4.79 Å². The van der Waals surface area contributed by atoms with Gasteiger partial charge in [0, 0.05) is 6.42 Å². The first kappa shape index (κ1) is 9.49. The molecule has 0 radical (unpaired) electrons. The lowest BCUT2D eigenvalue weighted by atomic mass is 9.89. The molecule has 4 heteroatoms. The zero-order valence-electron chi connectivity index (χ0n) is 8.51. The number of carbonyl (C=O) groups excluding carboxylic acids is 1. The third kappa shape index (κ3) is 1.49. The highest BCUT2D eigenvalue weighted by molar-refractivity contribution is 5.96. The summed E-state index contributed by atoms with van der Waals surface area (Å²) in [6.07, 6.45) is 5.05. The molecule has 0 aromatic heterocycles. The number of nitrogens with one attached hydrogen (secondary N) is 1. The maximum absolute atomic E-state index is 11.6. The number of fused-ring (bicyclic) bond motifs is 1. The average Bonchev–Trinajstić information content (AvgIpc) is 2.25. The Morgan fingerprint density at radius 2 is 2.21 bits per heavy atom. The van der Waals surface area contributed by atoms with E-state index in [1.54, 1.807) is 0 Å². The van der Waals surface area contributed by atoms with Gasteiger partial charge in [-0.15, -0.1) is 0 Å². The predicted molar refractivity (Wildman–Crippen MR) is 53.1 cm³/mol. The summed E-state index contributed by atoms with van der Waals surface area (Å²) in [5, 5.41) is 14.6. The molecule has 1 atom stereocenters. The molecule has 0 bridgehead atoms. The fourth-order valence-electron chi connectivity index (χ4n) is 2.48. The highest BCUT2D eigenvalue weighted by atomic mass is 16.5. The Morgan fingerprint density at radius 3 is 3.00 bits per heavy atom. The number of nitrogens with zero attached hydrogens (tertiary/aromatic N) is 1. The van der Waals surface area contributed by atoms with Gasteiger partial charge in [-0.05, 0) is 19.8 Å². The van der Waals surface area contributed by atoms with Crippen molar-refractivity contribution in [1.29, 1.82) is 0 Å². The van der Waals surface area contributed by atoms with Gasteiger partial charge in [0.05, 0.1) is 0 Å². The van der Waals surface area contributed by atoms with Gasteiger partial charge in [-0.1, -0.05) is 12.8 Å². The molecular formula is C10H16N2O2. The van der Waals surface area contributed by atoms with Crippen LogP contribution >= 0.6 is 0 Å². The van der Waals surface area contributed by atoms with Crippen molar-refractivity contribution >= 4 is 11.6 Å². The van der Waals surface area contributed by atoms with Crippen molar-refractivity contribution in [2.75, 3.05) is 6.54 Å². The molecule has 2 rings (SSSR count). The predicted octanol–water partition coefficient (Wildman–Crippen LogP) is 0.790. The largest absolute Gasteiger partial charge is 0.623 e. The Morgan fingerprint density at radius 1 is 1.43 bits per heavy atom. The quantitative estimate of drug-likeness (QED) is 0.460. The lowest BCUT2D eigenvalue weighted by Gasteiger charge is -2.33. The van der Waals surface area contributed by atoms with E-state index in [4.69, 9.17) is 0 Å². The van der Waals surface area contributed by atoms with E-state index >= 15 is 0 Å². The minimum Gasteiger partial charge on any atom is -0.623 e. The summed E-state index contributed by atoms with van der Waals surface area (Å²) in [5.41, 5.74) is 0.503. The van der Waals surface area contributed by atoms with Crippen molar-refractivity contribution in [3.05, 3.63) is 5.21 Å². The minimum absolute atomic E-state index is 0.0229. The first-order valence-corrected chi connectivity index (χ1v) is 5.24. The van der Waals surface area contributed by atoms with Crippen molar-refractivity contribution in [3.8, 4) is 0 Å².